The normalized spacial score (nSPS) is 18.6. The van der Waals surface area contributed by atoms with Crippen molar-refractivity contribution in [1.82, 2.24) is 14.5 Å². The average Bonchev–Trinajstić information content (AvgIpc) is 2.79. The van der Waals surface area contributed by atoms with Gasteiger partial charge in [-0.15, -0.1) is 0 Å². The Bertz CT molecular complexity index is 860. The second kappa shape index (κ2) is 10.2. The van der Waals surface area contributed by atoms with Crippen LogP contribution in [0, 0.1) is 5.92 Å². The van der Waals surface area contributed by atoms with Crippen LogP contribution in [0.4, 0.5) is 10.5 Å². The fourth-order valence-electron chi connectivity index (χ4n) is 3.91. The second-order valence-electron chi connectivity index (χ2n) is 7.80. The molecule has 3 rings (SSSR count). The first-order valence-corrected chi connectivity index (χ1v) is 12.1. The van der Waals surface area contributed by atoms with Gasteiger partial charge in [-0.1, -0.05) is 0 Å². The summed E-state index contributed by atoms with van der Waals surface area (Å²) in [6.07, 6.45) is 1.08. The van der Waals surface area contributed by atoms with E-state index in [4.69, 9.17) is 10.5 Å². The number of piperazine rings is 1. The summed E-state index contributed by atoms with van der Waals surface area (Å²) in [4.78, 5) is 27.2. The van der Waals surface area contributed by atoms with E-state index < -0.39 is 10.0 Å². The molecule has 0 aromatic heterocycles. The van der Waals surface area contributed by atoms with Crippen LogP contribution in [0.5, 0.6) is 5.75 Å². The van der Waals surface area contributed by atoms with Crippen molar-refractivity contribution in [2.45, 2.75) is 12.8 Å². The molecule has 0 saturated carbocycles. The van der Waals surface area contributed by atoms with Crippen molar-refractivity contribution >= 4 is 27.6 Å². The number of methoxy groups -OCH3 is 1. The van der Waals surface area contributed by atoms with Gasteiger partial charge in [0.05, 0.1) is 12.9 Å². The lowest BCUT2D eigenvalue weighted by Gasteiger charge is -2.35. The van der Waals surface area contributed by atoms with Crippen molar-refractivity contribution < 1.29 is 22.7 Å². The SMILES string of the molecule is COc1ccc(N2CCN(S(=O)(=O)CCNC(=O)N3CCC(C(N)=O)CC3)CC2)cc1. The monoisotopic (exact) mass is 453 g/mol. The highest BCUT2D eigenvalue weighted by Crippen LogP contribution is 2.21. The maximum Gasteiger partial charge on any atom is 0.317 e. The fraction of sp³-hybridized carbons (Fsp3) is 0.600. The van der Waals surface area contributed by atoms with Crippen LogP contribution in [-0.2, 0) is 14.8 Å². The van der Waals surface area contributed by atoms with Crippen LogP contribution >= 0.6 is 0 Å². The van der Waals surface area contributed by atoms with Gasteiger partial charge in [-0.2, -0.15) is 4.31 Å². The molecule has 172 valence electrons. The van der Waals surface area contributed by atoms with Crippen molar-refractivity contribution in [2.75, 3.05) is 63.6 Å². The van der Waals surface area contributed by atoms with Gasteiger partial charge in [-0.25, -0.2) is 13.2 Å². The number of anilines is 1. The number of piperidine rings is 1. The van der Waals surface area contributed by atoms with Crippen LogP contribution in [0.25, 0.3) is 0 Å². The molecule has 11 heteroatoms. The first kappa shape index (κ1) is 23.1. The van der Waals surface area contributed by atoms with E-state index in [1.165, 1.54) is 4.31 Å². The van der Waals surface area contributed by atoms with Gasteiger partial charge >= 0.3 is 6.03 Å². The largest absolute Gasteiger partial charge is 0.497 e. The minimum Gasteiger partial charge on any atom is -0.497 e. The summed E-state index contributed by atoms with van der Waals surface area (Å²) in [5, 5.41) is 2.68. The molecular formula is C20H31N5O5S. The number of likely N-dealkylation sites (tertiary alicyclic amines) is 1. The molecule has 2 heterocycles. The summed E-state index contributed by atoms with van der Waals surface area (Å²) in [5.74, 6) is 0.113. The van der Waals surface area contributed by atoms with Gasteiger partial charge in [0.15, 0.2) is 0 Å². The summed E-state index contributed by atoms with van der Waals surface area (Å²) >= 11 is 0. The Kier molecular flexibility index (Phi) is 7.60. The summed E-state index contributed by atoms with van der Waals surface area (Å²) in [6, 6.07) is 7.40. The number of hydrogen-bond acceptors (Lipinski definition) is 6. The molecule has 2 saturated heterocycles. The van der Waals surface area contributed by atoms with Gasteiger partial charge in [0.2, 0.25) is 15.9 Å². The standard InChI is InChI=1S/C20H31N5O5S/c1-30-18-4-2-17(3-5-18)23-11-13-25(14-12-23)31(28,29)15-8-22-20(27)24-9-6-16(7-10-24)19(21)26/h2-5,16H,6-15H2,1H3,(H2,21,26)(H,22,27). The minimum atomic E-state index is -3.45. The number of primary amides is 1. The number of nitrogens with one attached hydrogen (secondary N) is 1. The molecule has 2 aliphatic rings. The number of rotatable bonds is 7. The van der Waals surface area contributed by atoms with Gasteiger partial charge < -0.3 is 25.6 Å². The van der Waals surface area contributed by atoms with Crippen molar-refractivity contribution in [3.8, 4) is 5.75 Å². The second-order valence-corrected chi connectivity index (χ2v) is 9.88. The van der Waals surface area contributed by atoms with E-state index in [1.807, 2.05) is 24.3 Å². The highest BCUT2D eigenvalue weighted by Gasteiger charge is 2.28. The van der Waals surface area contributed by atoms with Crippen molar-refractivity contribution in [3.05, 3.63) is 24.3 Å². The Morgan fingerprint density at radius 3 is 2.23 bits per heavy atom. The molecule has 0 radical (unpaired) electrons. The number of sulfonamides is 1. The molecule has 2 fully saturated rings. The van der Waals surface area contributed by atoms with Gasteiger partial charge in [-0.05, 0) is 37.1 Å². The van der Waals surface area contributed by atoms with Crippen LogP contribution in [0.3, 0.4) is 0 Å². The molecule has 0 atom stereocenters. The van der Waals surface area contributed by atoms with Gasteiger partial charge in [0.1, 0.15) is 5.75 Å². The molecular weight excluding hydrogens is 422 g/mol. The first-order valence-electron chi connectivity index (χ1n) is 10.5. The number of carbonyl (C=O) groups is 2. The predicted octanol–water partition coefficient (Wildman–Crippen LogP) is 0.0539. The van der Waals surface area contributed by atoms with E-state index in [2.05, 4.69) is 10.2 Å². The molecule has 0 spiro atoms. The summed E-state index contributed by atoms with van der Waals surface area (Å²) in [6.45, 7) is 2.96. The maximum atomic E-state index is 12.7. The number of carbonyl (C=O) groups excluding carboxylic acids is 2. The lowest BCUT2D eigenvalue weighted by Crippen LogP contribution is -2.51. The van der Waals surface area contributed by atoms with Crippen molar-refractivity contribution in [3.63, 3.8) is 0 Å². The number of amides is 3. The minimum absolute atomic E-state index is 0.0512. The van der Waals surface area contributed by atoms with Crippen LogP contribution in [0.2, 0.25) is 0 Å². The third-order valence-electron chi connectivity index (χ3n) is 5.89. The lowest BCUT2D eigenvalue weighted by atomic mass is 9.96. The van der Waals surface area contributed by atoms with E-state index in [9.17, 15) is 18.0 Å². The van der Waals surface area contributed by atoms with Gasteiger partial charge in [0, 0.05) is 57.4 Å². The zero-order valence-corrected chi connectivity index (χ0v) is 18.6. The Hall–Kier alpha value is -2.53. The van der Waals surface area contributed by atoms with Crippen molar-refractivity contribution in [1.29, 1.82) is 0 Å². The molecule has 3 N–H and O–H groups in total. The topological polar surface area (TPSA) is 125 Å². The lowest BCUT2D eigenvalue weighted by molar-refractivity contribution is -0.123. The van der Waals surface area contributed by atoms with E-state index in [-0.39, 0.29) is 30.2 Å². The number of benzene rings is 1. The molecule has 2 aliphatic heterocycles. The molecule has 0 unspecified atom stereocenters. The van der Waals surface area contributed by atoms with E-state index in [0.717, 1.165) is 11.4 Å². The van der Waals surface area contributed by atoms with E-state index in [1.54, 1.807) is 12.0 Å². The number of urea groups is 1. The molecule has 1 aromatic carbocycles. The molecule has 1 aromatic rings. The Morgan fingerprint density at radius 1 is 1.06 bits per heavy atom. The smallest absolute Gasteiger partial charge is 0.317 e. The zero-order chi connectivity index (χ0) is 22.4. The average molecular weight is 454 g/mol. The van der Waals surface area contributed by atoms with Crippen molar-refractivity contribution in [2.24, 2.45) is 11.7 Å². The van der Waals surface area contributed by atoms with Gasteiger partial charge in [0.25, 0.3) is 0 Å². The van der Waals surface area contributed by atoms with Crippen LogP contribution < -0.4 is 20.7 Å². The number of hydrogen-bond donors (Lipinski definition) is 2. The third-order valence-corrected chi connectivity index (χ3v) is 7.76. The molecule has 3 amide bonds. The quantitative estimate of drug-likeness (QED) is 0.601. The van der Waals surface area contributed by atoms with Crippen LogP contribution in [0.15, 0.2) is 24.3 Å². The summed E-state index contributed by atoms with van der Waals surface area (Å²) < 4.78 is 32.0. The Balaban J connectivity index is 1.41. The first-order chi connectivity index (χ1) is 14.8. The molecule has 10 nitrogen and oxygen atoms in total. The molecule has 0 aliphatic carbocycles. The maximum absolute atomic E-state index is 12.7. The zero-order valence-electron chi connectivity index (χ0n) is 17.8. The summed E-state index contributed by atoms with van der Waals surface area (Å²) in [7, 11) is -1.84. The van der Waals surface area contributed by atoms with E-state index in [0.29, 0.717) is 52.1 Å². The molecule has 0 bridgehead atoms. The van der Waals surface area contributed by atoms with Crippen LogP contribution in [-0.4, -0.2) is 88.2 Å². The van der Waals surface area contributed by atoms with E-state index >= 15 is 0 Å². The predicted molar refractivity (Wildman–Crippen MR) is 117 cm³/mol. The Labute approximate surface area is 183 Å². The number of nitrogens with two attached hydrogens (primary N) is 1. The number of nitrogens with zero attached hydrogens (tertiary/aromatic N) is 3. The van der Waals surface area contributed by atoms with Gasteiger partial charge in [-0.3, -0.25) is 4.79 Å². The molecule has 31 heavy (non-hydrogen) atoms. The summed E-state index contributed by atoms with van der Waals surface area (Å²) in [5.41, 5.74) is 6.34. The highest BCUT2D eigenvalue weighted by atomic mass is 32.2. The highest BCUT2D eigenvalue weighted by molar-refractivity contribution is 7.89. The fourth-order valence-corrected chi connectivity index (χ4v) is 5.25. The Morgan fingerprint density at radius 2 is 1.68 bits per heavy atom. The van der Waals surface area contributed by atoms with Crippen LogP contribution in [0.1, 0.15) is 12.8 Å². The third kappa shape index (κ3) is 6.01. The number of ether oxygens (including phenoxy) is 1.